The normalized spacial score (nSPS) is 10.3. The molecular weight excluding hydrogens is 316 g/mol. The van der Waals surface area contributed by atoms with E-state index in [-0.39, 0.29) is 0 Å². The average Bonchev–Trinajstić information content (AvgIpc) is 2.25. The third-order valence-corrected chi connectivity index (χ3v) is 3.13. The molecule has 2 heteroatoms. The van der Waals surface area contributed by atoms with Gasteiger partial charge in [-0.3, -0.25) is 0 Å². The minimum absolute atomic E-state index is 1.11. The highest BCUT2D eigenvalue weighted by atomic mass is 79.9. The van der Waals surface area contributed by atoms with E-state index in [9.17, 15) is 0 Å². The number of halogens is 2. The topological polar surface area (TPSA) is 0 Å². The van der Waals surface area contributed by atoms with E-state index >= 15 is 0 Å². The van der Waals surface area contributed by atoms with Crippen molar-refractivity contribution in [1.82, 2.24) is 0 Å². The van der Waals surface area contributed by atoms with Gasteiger partial charge in [0.1, 0.15) is 0 Å². The first-order chi connectivity index (χ1) is 7.24. The van der Waals surface area contributed by atoms with Gasteiger partial charge in [-0.2, -0.15) is 0 Å². The van der Waals surface area contributed by atoms with E-state index in [1.165, 1.54) is 11.1 Å². The predicted octanol–water partition coefficient (Wildman–Crippen LogP) is 4.81. The summed E-state index contributed by atoms with van der Waals surface area (Å²) in [5, 5.41) is 0. The molecule has 0 fully saturated rings. The Labute approximate surface area is 107 Å². The molecule has 0 bridgehead atoms. The van der Waals surface area contributed by atoms with Crippen molar-refractivity contribution in [1.29, 1.82) is 0 Å². The van der Waals surface area contributed by atoms with Gasteiger partial charge >= 0.3 is 0 Å². The first-order valence-corrected chi connectivity index (χ1v) is 6.18. The largest absolute Gasteiger partial charge is 0.0573 e. The van der Waals surface area contributed by atoms with Gasteiger partial charge in [0.05, 0.1) is 0 Å². The van der Waals surface area contributed by atoms with Crippen molar-refractivity contribution < 1.29 is 0 Å². The summed E-state index contributed by atoms with van der Waals surface area (Å²) < 4.78 is 2.21. The summed E-state index contributed by atoms with van der Waals surface area (Å²) in [5.41, 5.74) is 2.42. The molecule has 0 aliphatic carbocycles. The van der Waals surface area contributed by atoms with Crippen LogP contribution in [0.4, 0.5) is 0 Å². The van der Waals surface area contributed by atoms with Gasteiger partial charge in [-0.15, -0.1) is 0 Å². The molecule has 2 rings (SSSR count). The molecule has 0 heterocycles. The van der Waals surface area contributed by atoms with Gasteiger partial charge in [-0.05, 0) is 35.4 Å². The van der Waals surface area contributed by atoms with Gasteiger partial charge < -0.3 is 0 Å². The van der Waals surface area contributed by atoms with Crippen LogP contribution in [-0.4, -0.2) is 0 Å². The maximum absolute atomic E-state index is 3.42. The number of hydrogen-bond donors (Lipinski definition) is 0. The van der Waals surface area contributed by atoms with Gasteiger partial charge in [0.2, 0.25) is 0 Å². The first-order valence-electron chi connectivity index (χ1n) is 4.60. The highest BCUT2D eigenvalue weighted by Gasteiger charge is 1.96. The Bertz CT molecular complexity index is 386. The van der Waals surface area contributed by atoms with Crippen LogP contribution in [-0.2, 0) is 0 Å². The molecule has 0 N–H and O–H groups in total. The monoisotopic (exact) mass is 323 g/mol. The lowest BCUT2D eigenvalue weighted by Gasteiger charge is -2.01. The zero-order valence-corrected chi connectivity index (χ0v) is 11.1. The van der Waals surface area contributed by atoms with E-state index in [0.29, 0.717) is 0 Å². The molecule has 2 aromatic rings. The van der Waals surface area contributed by atoms with Gasteiger partial charge in [-0.1, -0.05) is 56.1 Å². The van der Waals surface area contributed by atoms with Crippen molar-refractivity contribution in [3.8, 4) is 0 Å². The van der Waals surface area contributed by atoms with E-state index in [2.05, 4.69) is 62.5 Å². The summed E-state index contributed by atoms with van der Waals surface area (Å²) in [4.78, 5) is 0. The van der Waals surface area contributed by atoms with E-state index in [1.807, 2.05) is 24.3 Å². The predicted molar refractivity (Wildman–Crippen MR) is 70.8 cm³/mol. The number of benzene rings is 2. The average molecular weight is 325 g/mol. The van der Waals surface area contributed by atoms with Crippen LogP contribution in [0, 0.1) is 6.42 Å². The van der Waals surface area contributed by atoms with E-state index in [4.69, 9.17) is 0 Å². The maximum atomic E-state index is 3.42. The molecule has 0 amide bonds. The highest BCUT2D eigenvalue weighted by molar-refractivity contribution is 9.10. The minimum Gasteiger partial charge on any atom is -0.0573 e. The van der Waals surface area contributed by atoms with Crippen molar-refractivity contribution in [2.75, 3.05) is 0 Å². The molecule has 0 saturated heterocycles. The Hall–Kier alpha value is -0.600. The minimum atomic E-state index is 1.11. The third kappa shape index (κ3) is 3.18. The lowest BCUT2D eigenvalue weighted by Crippen LogP contribution is -1.83. The molecule has 0 atom stereocenters. The molecule has 75 valence electrons. The van der Waals surface area contributed by atoms with Crippen LogP contribution in [0.2, 0.25) is 0 Å². The fraction of sp³-hybridized carbons (Fsp3) is 0. The third-order valence-electron chi connectivity index (χ3n) is 2.07. The quantitative estimate of drug-likeness (QED) is 0.743. The summed E-state index contributed by atoms with van der Waals surface area (Å²) in [5.74, 6) is 0. The van der Waals surface area contributed by atoms with Gasteiger partial charge in [0, 0.05) is 15.4 Å². The molecule has 0 aromatic heterocycles. The van der Waals surface area contributed by atoms with Crippen molar-refractivity contribution in [3.63, 3.8) is 0 Å². The molecule has 2 aromatic carbocycles. The molecule has 0 saturated carbocycles. The Morgan fingerprint density at radius 3 is 1.27 bits per heavy atom. The van der Waals surface area contributed by atoms with Crippen molar-refractivity contribution in [3.05, 3.63) is 75.0 Å². The Morgan fingerprint density at radius 2 is 0.933 bits per heavy atom. The number of rotatable bonds is 2. The van der Waals surface area contributed by atoms with E-state index in [0.717, 1.165) is 8.95 Å². The van der Waals surface area contributed by atoms with Crippen LogP contribution in [0.15, 0.2) is 57.5 Å². The SMILES string of the molecule is Brc1ccc([CH]c2ccc(Br)cc2)cc1. The molecule has 0 spiro atoms. The Morgan fingerprint density at radius 1 is 0.600 bits per heavy atom. The van der Waals surface area contributed by atoms with Crippen LogP contribution >= 0.6 is 31.9 Å². The highest BCUT2D eigenvalue weighted by Crippen LogP contribution is 2.17. The van der Waals surface area contributed by atoms with E-state index < -0.39 is 0 Å². The van der Waals surface area contributed by atoms with Gasteiger partial charge in [0.25, 0.3) is 0 Å². The van der Waals surface area contributed by atoms with E-state index in [1.54, 1.807) is 0 Å². The zero-order valence-electron chi connectivity index (χ0n) is 7.95. The molecule has 1 radical (unpaired) electrons. The zero-order chi connectivity index (χ0) is 10.7. The second kappa shape index (κ2) is 4.95. The molecule has 15 heavy (non-hydrogen) atoms. The summed E-state index contributed by atoms with van der Waals surface area (Å²) >= 11 is 6.84. The second-order valence-corrected chi connectivity index (χ2v) is 5.08. The summed E-state index contributed by atoms with van der Waals surface area (Å²) in [6.45, 7) is 0. The molecule has 0 unspecified atom stereocenters. The van der Waals surface area contributed by atoms with Gasteiger partial charge in [-0.25, -0.2) is 0 Å². The Kier molecular flexibility index (Phi) is 3.60. The Balaban J connectivity index is 2.15. The standard InChI is InChI=1S/C13H9Br2/c14-12-5-1-10(2-6-12)9-11-3-7-13(15)8-4-11/h1-9H. The summed E-state index contributed by atoms with van der Waals surface area (Å²) in [6.07, 6.45) is 2.15. The fourth-order valence-electron chi connectivity index (χ4n) is 1.31. The first kappa shape index (κ1) is 10.9. The maximum Gasteiger partial charge on any atom is 0.0199 e. The lowest BCUT2D eigenvalue weighted by atomic mass is 10.1. The van der Waals surface area contributed by atoms with Gasteiger partial charge in [0.15, 0.2) is 0 Å². The summed E-state index contributed by atoms with van der Waals surface area (Å²) in [6, 6.07) is 16.5. The molecule has 0 aliphatic heterocycles. The van der Waals surface area contributed by atoms with Crippen LogP contribution in [0.5, 0.6) is 0 Å². The molecule has 0 nitrogen and oxygen atoms in total. The van der Waals surface area contributed by atoms with Crippen molar-refractivity contribution >= 4 is 31.9 Å². The second-order valence-electron chi connectivity index (χ2n) is 3.25. The van der Waals surface area contributed by atoms with Crippen LogP contribution < -0.4 is 0 Å². The van der Waals surface area contributed by atoms with Crippen LogP contribution in [0.1, 0.15) is 11.1 Å². The van der Waals surface area contributed by atoms with Crippen molar-refractivity contribution in [2.24, 2.45) is 0 Å². The molecular formula is C13H9Br2. The van der Waals surface area contributed by atoms with Crippen LogP contribution in [0.25, 0.3) is 0 Å². The van der Waals surface area contributed by atoms with Crippen LogP contribution in [0.3, 0.4) is 0 Å². The van der Waals surface area contributed by atoms with Crippen molar-refractivity contribution in [2.45, 2.75) is 0 Å². The smallest absolute Gasteiger partial charge is 0.0199 e. The summed E-state index contributed by atoms with van der Waals surface area (Å²) in [7, 11) is 0. The number of hydrogen-bond acceptors (Lipinski definition) is 0. The molecule has 0 aliphatic rings. The lowest BCUT2D eigenvalue weighted by molar-refractivity contribution is 1.42. The fourth-order valence-corrected chi connectivity index (χ4v) is 1.84.